The Labute approximate surface area is 150 Å². The highest BCUT2D eigenvalue weighted by Crippen LogP contribution is 2.23. The van der Waals surface area contributed by atoms with E-state index in [0.717, 1.165) is 0 Å². The molecule has 0 aliphatic carbocycles. The zero-order chi connectivity index (χ0) is 19.3. The third kappa shape index (κ3) is 5.79. The molecular formula is C18H21F3N2O3. The number of carbonyl (C=O) groups excluding carboxylic acids is 2. The number of hydrogen-bond acceptors (Lipinski definition) is 3. The van der Waals surface area contributed by atoms with Crippen LogP contribution in [0.3, 0.4) is 0 Å². The van der Waals surface area contributed by atoms with Gasteiger partial charge in [0.25, 0.3) is 0 Å². The van der Waals surface area contributed by atoms with Crippen molar-refractivity contribution in [1.29, 1.82) is 0 Å². The van der Waals surface area contributed by atoms with Crippen LogP contribution in [0, 0.1) is 5.92 Å². The van der Waals surface area contributed by atoms with Gasteiger partial charge in [0, 0.05) is 38.2 Å². The van der Waals surface area contributed by atoms with Crippen molar-refractivity contribution in [2.75, 3.05) is 26.2 Å². The Balaban J connectivity index is 1.87. The lowest BCUT2D eigenvalue weighted by Crippen LogP contribution is -2.51. The van der Waals surface area contributed by atoms with Crippen LogP contribution in [0.4, 0.5) is 13.2 Å². The predicted octanol–water partition coefficient (Wildman–Crippen LogP) is 2.93. The zero-order valence-electron chi connectivity index (χ0n) is 14.6. The summed E-state index contributed by atoms with van der Waals surface area (Å²) in [6.07, 6.45) is -1.82. The van der Waals surface area contributed by atoms with Crippen molar-refractivity contribution in [2.24, 2.45) is 5.92 Å². The molecule has 1 aliphatic rings. The van der Waals surface area contributed by atoms with Crippen LogP contribution in [0.25, 0.3) is 6.08 Å². The van der Waals surface area contributed by atoms with Crippen molar-refractivity contribution in [3.05, 3.63) is 35.9 Å². The van der Waals surface area contributed by atoms with Crippen LogP contribution in [0.5, 0.6) is 5.75 Å². The molecule has 8 heteroatoms. The van der Waals surface area contributed by atoms with Gasteiger partial charge in [-0.05, 0) is 23.8 Å². The van der Waals surface area contributed by atoms with Crippen LogP contribution in [0.2, 0.25) is 0 Å². The molecule has 1 heterocycles. The summed E-state index contributed by atoms with van der Waals surface area (Å²) in [5.74, 6) is -0.501. The van der Waals surface area contributed by atoms with Crippen LogP contribution >= 0.6 is 0 Å². The third-order valence-corrected chi connectivity index (χ3v) is 3.93. The Bertz CT molecular complexity index is 661. The molecule has 1 aromatic carbocycles. The molecule has 2 amide bonds. The summed E-state index contributed by atoms with van der Waals surface area (Å²) in [5.41, 5.74) is 0.585. The Morgan fingerprint density at radius 3 is 2.08 bits per heavy atom. The maximum Gasteiger partial charge on any atom is 0.573 e. The number of halogens is 3. The number of piperazine rings is 1. The Hall–Kier alpha value is -2.51. The molecular weight excluding hydrogens is 349 g/mol. The molecule has 1 aromatic rings. The van der Waals surface area contributed by atoms with Crippen molar-refractivity contribution in [3.63, 3.8) is 0 Å². The monoisotopic (exact) mass is 370 g/mol. The van der Waals surface area contributed by atoms with E-state index in [1.165, 1.54) is 36.4 Å². The summed E-state index contributed by atoms with van der Waals surface area (Å²) in [6.45, 7) is 5.60. The van der Waals surface area contributed by atoms with Gasteiger partial charge in [-0.25, -0.2) is 0 Å². The van der Waals surface area contributed by atoms with Crippen molar-refractivity contribution in [3.8, 4) is 5.75 Å². The SMILES string of the molecule is CC(C)C(=O)N1CCN(C(=O)C=Cc2ccc(OC(F)(F)F)cc2)CC1. The normalized spacial score (nSPS) is 15.6. The number of rotatable bonds is 4. The summed E-state index contributed by atoms with van der Waals surface area (Å²) in [5, 5.41) is 0. The molecule has 142 valence electrons. The number of carbonyl (C=O) groups is 2. The van der Waals surface area contributed by atoms with Crippen molar-refractivity contribution < 1.29 is 27.5 Å². The molecule has 0 radical (unpaired) electrons. The minimum atomic E-state index is -4.73. The smallest absolute Gasteiger partial charge is 0.406 e. The summed E-state index contributed by atoms with van der Waals surface area (Å²) in [6, 6.07) is 5.25. The quantitative estimate of drug-likeness (QED) is 0.766. The van der Waals surface area contributed by atoms with Gasteiger partial charge in [-0.1, -0.05) is 26.0 Å². The van der Waals surface area contributed by atoms with Gasteiger partial charge in [-0.2, -0.15) is 0 Å². The molecule has 0 atom stereocenters. The first-order valence-corrected chi connectivity index (χ1v) is 8.27. The van der Waals surface area contributed by atoms with Crippen LogP contribution in [0.1, 0.15) is 19.4 Å². The van der Waals surface area contributed by atoms with Crippen LogP contribution in [-0.4, -0.2) is 54.2 Å². The van der Waals surface area contributed by atoms with Gasteiger partial charge in [-0.15, -0.1) is 13.2 Å². The van der Waals surface area contributed by atoms with Crippen LogP contribution < -0.4 is 4.74 Å². The molecule has 2 rings (SSSR count). The summed E-state index contributed by atoms with van der Waals surface area (Å²) < 4.78 is 40.1. The first kappa shape index (κ1) is 19.8. The van der Waals surface area contributed by atoms with Crippen LogP contribution in [0.15, 0.2) is 30.3 Å². The summed E-state index contributed by atoms with van der Waals surface area (Å²) in [7, 11) is 0. The van der Waals surface area contributed by atoms with E-state index in [-0.39, 0.29) is 23.5 Å². The first-order valence-electron chi connectivity index (χ1n) is 8.27. The Kier molecular flexibility index (Phi) is 6.28. The molecule has 26 heavy (non-hydrogen) atoms. The van der Waals surface area contributed by atoms with Crippen LogP contribution in [-0.2, 0) is 9.59 Å². The van der Waals surface area contributed by atoms with E-state index < -0.39 is 6.36 Å². The second kappa shape index (κ2) is 8.25. The fraction of sp³-hybridized carbons (Fsp3) is 0.444. The van der Waals surface area contributed by atoms with E-state index in [1.807, 2.05) is 13.8 Å². The maximum absolute atomic E-state index is 12.2. The molecule has 0 N–H and O–H groups in total. The number of benzene rings is 1. The van der Waals surface area contributed by atoms with Gasteiger partial charge in [0.05, 0.1) is 0 Å². The molecule has 0 aromatic heterocycles. The van der Waals surface area contributed by atoms with E-state index in [4.69, 9.17) is 0 Å². The molecule has 0 unspecified atom stereocenters. The molecule has 1 aliphatic heterocycles. The lowest BCUT2D eigenvalue weighted by atomic mass is 10.1. The van der Waals surface area contributed by atoms with E-state index >= 15 is 0 Å². The zero-order valence-corrected chi connectivity index (χ0v) is 14.6. The van der Waals surface area contributed by atoms with Gasteiger partial charge >= 0.3 is 6.36 Å². The predicted molar refractivity (Wildman–Crippen MR) is 90.2 cm³/mol. The molecule has 1 fully saturated rings. The average Bonchev–Trinajstić information content (AvgIpc) is 2.59. The molecule has 0 spiro atoms. The lowest BCUT2D eigenvalue weighted by Gasteiger charge is -2.35. The van der Waals surface area contributed by atoms with Gasteiger partial charge in [0.1, 0.15) is 5.75 Å². The van der Waals surface area contributed by atoms with Crippen molar-refractivity contribution in [1.82, 2.24) is 9.80 Å². The number of hydrogen-bond donors (Lipinski definition) is 0. The third-order valence-electron chi connectivity index (χ3n) is 3.93. The molecule has 1 saturated heterocycles. The molecule has 0 saturated carbocycles. The number of alkyl halides is 3. The van der Waals surface area contributed by atoms with Crippen molar-refractivity contribution in [2.45, 2.75) is 20.2 Å². The topological polar surface area (TPSA) is 49.9 Å². The minimum absolute atomic E-state index is 0.0681. The Morgan fingerprint density at radius 1 is 1.04 bits per heavy atom. The highest BCUT2D eigenvalue weighted by atomic mass is 19.4. The average molecular weight is 370 g/mol. The number of ether oxygens (including phenoxy) is 1. The lowest BCUT2D eigenvalue weighted by molar-refractivity contribution is -0.274. The largest absolute Gasteiger partial charge is 0.573 e. The standard InChI is InChI=1S/C18H21F3N2O3/c1-13(2)17(25)23-11-9-22(10-12-23)16(24)8-5-14-3-6-15(7-4-14)26-18(19,20)21/h3-8,13H,9-12H2,1-2H3. The van der Waals surface area contributed by atoms with Gasteiger partial charge in [0.15, 0.2) is 0 Å². The van der Waals surface area contributed by atoms with Gasteiger partial charge in [0.2, 0.25) is 11.8 Å². The van der Waals surface area contributed by atoms with Gasteiger partial charge < -0.3 is 14.5 Å². The van der Waals surface area contributed by atoms with E-state index in [0.29, 0.717) is 31.7 Å². The molecule has 0 bridgehead atoms. The maximum atomic E-state index is 12.2. The first-order chi connectivity index (χ1) is 12.2. The van der Waals surface area contributed by atoms with E-state index in [1.54, 1.807) is 9.80 Å². The summed E-state index contributed by atoms with van der Waals surface area (Å²) >= 11 is 0. The number of nitrogens with zero attached hydrogens (tertiary/aromatic N) is 2. The summed E-state index contributed by atoms with van der Waals surface area (Å²) in [4.78, 5) is 27.5. The Morgan fingerprint density at radius 2 is 1.58 bits per heavy atom. The minimum Gasteiger partial charge on any atom is -0.406 e. The van der Waals surface area contributed by atoms with E-state index in [2.05, 4.69) is 4.74 Å². The number of amides is 2. The highest BCUT2D eigenvalue weighted by molar-refractivity contribution is 5.92. The van der Waals surface area contributed by atoms with Crippen molar-refractivity contribution >= 4 is 17.9 Å². The fourth-order valence-corrected chi connectivity index (χ4v) is 2.57. The fourth-order valence-electron chi connectivity index (χ4n) is 2.57. The second-order valence-corrected chi connectivity index (χ2v) is 6.26. The highest BCUT2D eigenvalue weighted by Gasteiger charge is 2.31. The second-order valence-electron chi connectivity index (χ2n) is 6.26. The van der Waals surface area contributed by atoms with E-state index in [9.17, 15) is 22.8 Å². The molecule has 5 nitrogen and oxygen atoms in total. The van der Waals surface area contributed by atoms with Gasteiger partial charge in [-0.3, -0.25) is 9.59 Å².